The molecule has 1 aliphatic carbocycles. The monoisotopic (exact) mass is 328 g/mol. The average molecular weight is 328 g/mol. The zero-order valence-electron chi connectivity index (χ0n) is 14.6. The molecule has 0 atom stereocenters. The van der Waals surface area contributed by atoms with Crippen LogP contribution in [0.25, 0.3) is 0 Å². The van der Waals surface area contributed by atoms with Gasteiger partial charge in [-0.05, 0) is 38.3 Å². The van der Waals surface area contributed by atoms with Crippen LogP contribution in [-0.4, -0.2) is 36.0 Å². The number of esters is 1. The molecule has 0 aromatic heterocycles. The van der Waals surface area contributed by atoms with Gasteiger partial charge in [-0.1, -0.05) is 37.0 Å². The van der Waals surface area contributed by atoms with Gasteiger partial charge in [-0.2, -0.15) is 5.26 Å². The fourth-order valence-electron chi connectivity index (χ4n) is 3.24. The van der Waals surface area contributed by atoms with Crippen molar-refractivity contribution in [3.05, 3.63) is 34.9 Å². The molecule has 1 aromatic rings. The van der Waals surface area contributed by atoms with Crippen LogP contribution in [0.2, 0.25) is 0 Å². The lowest BCUT2D eigenvalue weighted by molar-refractivity contribution is -0.138. The zero-order valence-corrected chi connectivity index (χ0v) is 14.6. The highest BCUT2D eigenvalue weighted by atomic mass is 16.5. The molecule has 0 unspecified atom stereocenters. The van der Waals surface area contributed by atoms with Crippen molar-refractivity contribution < 1.29 is 14.3 Å². The predicted molar refractivity (Wildman–Crippen MR) is 90.4 cm³/mol. The molecule has 0 heterocycles. The number of likely N-dealkylation sites (N-methyl/N-ethyl adjacent to an activating group) is 1. The van der Waals surface area contributed by atoms with E-state index in [0.717, 1.165) is 30.4 Å². The third-order valence-electron chi connectivity index (χ3n) is 4.83. The molecule has 0 saturated heterocycles. The van der Waals surface area contributed by atoms with Crippen molar-refractivity contribution in [2.45, 2.75) is 51.5 Å². The lowest BCUT2D eigenvalue weighted by atomic mass is 9.81. The van der Waals surface area contributed by atoms with Crippen LogP contribution in [0, 0.1) is 25.2 Å². The second-order valence-corrected chi connectivity index (χ2v) is 6.55. The molecule has 1 aliphatic rings. The minimum Gasteiger partial charge on any atom is -0.452 e. The average Bonchev–Trinajstić information content (AvgIpc) is 2.59. The number of nitrogens with zero attached hydrogens (tertiary/aromatic N) is 2. The van der Waals surface area contributed by atoms with Crippen molar-refractivity contribution in [2.75, 3.05) is 13.7 Å². The summed E-state index contributed by atoms with van der Waals surface area (Å²) < 4.78 is 5.17. The minimum absolute atomic E-state index is 0.337. The number of carbonyl (C=O) groups excluding carboxylic acids is 2. The standard InChI is InChI=1S/C19H24N2O3/c1-14-7-8-16(15(2)11-14)18(23)24-12-17(22)21(3)19(13-20)9-5-4-6-10-19/h7-8,11H,4-6,9-10,12H2,1-3H3. The van der Waals surface area contributed by atoms with E-state index in [1.165, 1.54) is 4.90 Å². The molecule has 1 amide bonds. The van der Waals surface area contributed by atoms with Gasteiger partial charge in [-0.25, -0.2) is 4.79 Å². The number of benzene rings is 1. The third kappa shape index (κ3) is 3.76. The van der Waals surface area contributed by atoms with Gasteiger partial charge in [0, 0.05) is 7.05 Å². The second-order valence-electron chi connectivity index (χ2n) is 6.55. The number of nitriles is 1. The predicted octanol–water partition coefficient (Wildman–Crippen LogP) is 3.15. The molecular weight excluding hydrogens is 304 g/mol. The maximum atomic E-state index is 12.4. The SMILES string of the molecule is Cc1ccc(C(=O)OCC(=O)N(C)C2(C#N)CCCCC2)c(C)c1. The van der Waals surface area contributed by atoms with Crippen LogP contribution in [0.3, 0.4) is 0 Å². The Bertz CT molecular complexity index is 670. The van der Waals surface area contributed by atoms with Crippen LogP contribution >= 0.6 is 0 Å². The molecule has 24 heavy (non-hydrogen) atoms. The van der Waals surface area contributed by atoms with Crippen LogP contribution in [0.1, 0.15) is 53.6 Å². The molecule has 1 aromatic carbocycles. The molecule has 5 heteroatoms. The van der Waals surface area contributed by atoms with Crippen LogP contribution in [-0.2, 0) is 9.53 Å². The van der Waals surface area contributed by atoms with E-state index < -0.39 is 11.5 Å². The topological polar surface area (TPSA) is 70.4 Å². The summed E-state index contributed by atoms with van der Waals surface area (Å²) in [5, 5.41) is 9.53. The highest BCUT2D eigenvalue weighted by Gasteiger charge is 2.39. The normalized spacial score (nSPS) is 16.1. The zero-order chi connectivity index (χ0) is 17.7. The Morgan fingerprint density at radius 2 is 1.92 bits per heavy atom. The summed E-state index contributed by atoms with van der Waals surface area (Å²) in [6.07, 6.45) is 4.32. The largest absolute Gasteiger partial charge is 0.452 e. The van der Waals surface area contributed by atoms with E-state index in [-0.39, 0.29) is 12.5 Å². The van der Waals surface area contributed by atoms with Gasteiger partial charge in [0.15, 0.2) is 6.61 Å². The first kappa shape index (κ1) is 18.0. The maximum Gasteiger partial charge on any atom is 0.338 e. The quantitative estimate of drug-likeness (QED) is 0.796. The number of hydrogen-bond acceptors (Lipinski definition) is 4. The van der Waals surface area contributed by atoms with E-state index in [2.05, 4.69) is 6.07 Å². The molecular formula is C19H24N2O3. The summed E-state index contributed by atoms with van der Waals surface area (Å²) in [6.45, 7) is 3.45. The molecule has 1 saturated carbocycles. The Kier molecular flexibility index (Phi) is 5.61. The molecule has 0 aliphatic heterocycles. The summed E-state index contributed by atoms with van der Waals surface area (Å²) in [5.74, 6) is -0.847. The Hall–Kier alpha value is -2.35. The van der Waals surface area contributed by atoms with Crippen molar-refractivity contribution in [1.29, 1.82) is 5.26 Å². The van der Waals surface area contributed by atoms with Crippen LogP contribution in [0.15, 0.2) is 18.2 Å². The van der Waals surface area contributed by atoms with Gasteiger partial charge in [0.2, 0.25) is 0 Å². The first-order valence-corrected chi connectivity index (χ1v) is 8.32. The van der Waals surface area contributed by atoms with E-state index in [0.29, 0.717) is 18.4 Å². The molecule has 5 nitrogen and oxygen atoms in total. The van der Waals surface area contributed by atoms with Gasteiger partial charge < -0.3 is 9.64 Å². The Morgan fingerprint density at radius 3 is 2.50 bits per heavy atom. The van der Waals surface area contributed by atoms with Gasteiger partial charge in [0.1, 0.15) is 5.54 Å². The second kappa shape index (κ2) is 7.48. The van der Waals surface area contributed by atoms with Gasteiger partial charge in [-0.15, -0.1) is 0 Å². The summed E-state index contributed by atoms with van der Waals surface area (Å²) in [6, 6.07) is 7.74. The summed E-state index contributed by atoms with van der Waals surface area (Å²) >= 11 is 0. The van der Waals surface area contributed by atoms with Crippen molar-refractivity contribution in [3.8, 4) is 6.07 Å². The first-order chi connectivity index (χ1) is 11.4. The third-order valence-corrected chi connectivity index (χ3v) is 4.83. The smallest absolute Gasteiger partial charge is 0.338 e. The molecule has 128 valence electrons. The molecule has 0 spiro atoms. The fraction of sp³-hybridized carbons (Fsp3) is 0.526. The van der Waals surface area contributed by atoms with E-state index in [4.69, 9.17) is 4.74 Å². The number of rotatable bonds is 4. The Labute approximate surface area is 143 Å². The molecule has 2 rings (SSSR count). The minimum atomic E-state index is -0.762. The van der Waals surface area contributed by atoms with E-state index in [1.807, 2.05) is 26.0 Å². The molecule has 0 N–H and O–H groups in total. The summed E-state index contributed by atoms with van der Waals surface area (Å²) in [4.78, 5) is 26.0. The van der Waals surface area contributed by atoms with Crippen LogP contribution < -0.4 is 0 Å². The highest BCUT2D eigenvalue weighted by molar-refractivity contribution is 5.92. The van der Waals surface area contributed by atoms with E-state index >= 15 is 0 Å². The first-order valence-electron chi connectivity index (χ1n) is 8.32. The summed E-state index contributed by atoms with van der Waals surface area (Å²) in [7, 11) is 1.63. The van der Waals surface area contributed by atoms with E-state index in [1.54, 1.807) is 13.1 Å². The molecule has 0 bridgehead atoms. The van der Waals surface area contributed by atoms with Crippen LogP contribution in [0.4, 0.5) is 0 Å². The lowest BCUT2D eigenvalue weighted by Crippen LogP contribution is -2.51. The van der Waals surface area contributed by atoms with Gasteiger partial charge in [0.05, 0.1) is 11.6 Å². The maximum absolute atomic E-state index is 12.4. The molecule has 1 fully saturated rings. The van der Waals surface area contributed by atoms with Crippen molar-refractivity contribution in [1.82, 2.24) is 4.90 Å². The Balaban J connectivity index is 1.99. The fourth-order valence-corrected chi connectivity index (χ4v) is 3.24. The molecule has 0 radical (unpaired) electrons. The van der Waals surface area contributed by atoms with Crippen molar-refractivity contribution >= 4 is 11.9 Å². The summed E-state index contributed by atoms with van der Waals surface area (Å²) in [5.41, 5.74) is 1.58. The highest BCUT2D eigenvalue weighted by Crippen LogP contribution is 2.32. The van der Waals surface area contributed by atoms with Gasteiger partial charge >= 0.3 is 5.97 Å². The van der Waals surface area contributed by atoms with Gasteiger partial charge in [-0.3, -0.25) is 4.79 Å². The Morgan fingerprint density at radius 1 is 1.25 bits per heavy atom. The number of carbonyl (C=O) groups is 2. The van der Waals surface area contributed by atoms with Gasteiger partial charge in [0.25, 0.3) is 5.91 Å². The number of amides is 1. The van der Waals surface area contributed by atoms with Crippen LogP contribution in [0.5, 0.6) is 0 Å². The van der Waals surface area contributed by atoms with Crippen molar-refractivity contribution in [3.63, 3.8) is 0 Å². The van der Waals surface area contributed by atoms with E-state index in [9.17, 15) is 14.9 Å². The van der Waals surface area contributed by atoms with Crippen molar-refractivity contribution in [2.24, 2.45) is 0 Å². The number of aryl methyl sites for hydroxylation is 2. The number of ether oxygens (including phenoxy) is 1. The lowest BCUT2D eigenvalue weighted by Gasteiger charge is -2.38. The number of hydrogen-bond donors (Lipinski definition) is 0.